The summed E-state index contributed by atoms with van der Waals surface area (Å²) in [7, 11) is 0. The Morgan fingerprint density at radius 1 is 1.13 bits per heavy atom. The van der Waals surface area contributed by atoms with E-state index >= 15 is 0 Å². The predicted octanol–water partition coefficient (Wildman–Crippen LogP) is 4.15. The summed E-state index contributed by atoms with van der Waals surface area (Å²) in [5.41, 5.74) is 3.32. The minimum absolute atomic E-state index is 0.0656. The number of hydrogen-bond donors (Lipinski definition) is 1. The zero-order valence-corrected chi connectivity index (χ0v) is 17.8. The molecule has 31 heavy (non-hydrogen) atoms. The van der Waals surface area contributed by atoms with Crippen molar-refractivity contribution in [2.24, 2.45) is 5.41 Å². The first kappa shape index (κ1) is 21.2. The number of carbonyl (C=O) groups is 1. The van der Waals surface area contributed by atoms with Gasteiger partial charge in [-0.25, -0.2) is 4.39 Å². The number of nitrogens with one attached hydrogen (secondary N) is 1. The van der Waals surface area contributed by atoms with Crippen LogP contribution >= 0.6 is 0 Å². The monoisotopic (exact) mass is 421 g/mol. The van der Waals surface area contributed by atoms with Gasteiger partial charge in [0.05, 0.1) is 17.7 Å². The molecular formula is C25H28FN3O2. The third kappa shape index (κ3) is 5.20. The van der Waals surface area contributed by atoms with Crippen LogP contribution in [0.3, 0.4) is 0 Å². The summed E-state index contributed by atoms with van der Waals surface area (Å²) in [6, 6.07) is 16.6. The highest BCUT2D eigenvalue weighted by Crippen LogP contribution is 2.35. The number of amides is 1. The molecule has 1 N–H and O–H groups in total. The standard InChI is InChI=1S/C25H28FN3O2/c1-19-8-12-29(28-19)13-11-27-24(30)25(9-14-31-15-10-25)18-20-4-2-5-21(16-20)22-6-3-7-23(26)17-22/h2-8,12,16-17H,9-11,13-15,18H2,1H3,(H,27,30). The SMILES string of the molecule is Cc1ccn(CCNC(=O)C2(Cc3cccc(-c4cccc(F)c4)c3)CCOCC2)n1. The molecule has 2 aromatic carbocycles. The van der Waals surface area contributed by atoms with Gasteiger partial charge in [-0.3, -0.25) is 9.48 Å². The van der Waals surface area contributed by atoms with E-state index in [0.717, 1.165) is 22.4 Å². The maximum Gasteiger partial charge on any atom is 0.226 e. The van der Waals surface area contributed by atoms with Gasteiger partial charge in [0.15, 0.2) is 0 Å². The number of nitrogens with zero attached hydrogens (tertiary/aromatic N) is 2. The normalized spacial score (nSPS) is 15.5. The van der Waals surface area contributed by atoms with E-state index in [1.807, 2.05) is 48.1 Å². The van der Waals surface area contributed by atoms with Gasteiger partial charge in [0, 0.05) is 26.0 Å². The lowest BCUT2D eigenvalue weighted by Crippen LogP contribution is -2.46. The smallest absolute Gasteiger partial charge is 0.226 e. The molecule has 1 aliphatic rings. The fourth-order valence-electron chi connectivity index (χ4n) is 4.23. The molecule has 0 radical (unpaired) electrons. The van der Waals surface area contributed by atoms with Gasteiger partial charge in [0.25, 0.3) is 0 Å². The van der Waals surface area contributed by atoms with Gasteiger partial charge in [-0.2, -0.15) is 5.10 Å². The van der Waals surface area contributed by atoms with Crippen LogP contribution in [0.4, 0.5) is 4.39 Å². The van der Waals surface area contributed by atoms with Crippen LogP contribution in [0.15, 0.2) is 60.8 Å². The van der Waals surface area contributed by atoms with E-state index < -0.39 is 5.41 Å². The summed E-state index contributed by atoms with van der Waals surface area (Å²) in [5.74, 6) is -0.189. The van der Waals surface area contributed by atoms with Crippen LogP contribution in [0.1, 0.15) is 24.1 Å². The highest BCUT2D eigenvalue weighted by molar-refractivity contribution is 5.83. The van der Waals surface area contributed by atoms with Crippen molar-refractivity contribution in [1.82, 2.24) is 15.1 Å². The van der Waals surface area contributed by atoms with E-state index in [1.54, 1.807) is 6.07 Å². The van der Waals surface area contributed by atoms with E-state index in [2.05, 4.69) is 16.5 Å². The highest BCUT2D eigenvalue weighted by atomic mass is 19.1. The topological polar surface area (TPSA) is 56.2 Å². The number of hydrogen-bond acceptors (Lipinski definition) is 3. The van der Waals surface area contributed by atoms with Gasteiger partial charge in [0.1, 0.15) is 5.82 Å². The lowest BCUT2D eigenvalue weighted by Gasteiger charge is -2.36. The molecule has 0 aliphatic carbocycles. The molecule has 0 unspecified atom stereocenters. The van der Waals surface area contributed by atoms with Gasteiger partial charge in [-0.15, -0.1) is 0 Å². The fourth-order valence-corrected chi connectivity index (χ4v) is 4.23. The van der Waals surface area contributed by atoms with Crippen LogP contribution < -0.4 is 5.32 Å². The second-order valence-electron chi connectivity index (χ2n) is 8.26. The van der Waals surface area contributed by atoms with Crippen LogP contribution in [-0.2, 0) is 22.5 Å². The third-order valence-electron chi connectivity index (χ3n) is 5.96. The van der Waals surface area contributed by atoms with Crippen molar-refractivity contribution in [2.45, 2.75) is 32.7 Å². The quantitative estimate of drug-likeness (QED) is 0.623. The van der Waals surface area contributed by atoms with Crippen molar-refractivity contribution < 1.29 is 13.9 Å². The number of carbonyl (C=O) groups excluding carboxylic acids is 1. The molecule has 2 heterocycles. The minimum atomic E-state index is -0.501. The van der Waals surface area contributed by atoms with Crippen LogP contribution in [0.5, 0.6) is 0 Å². The molecule has 162 valence electrons. The van der Waals surface area contributed by atoms with E-state index in [1.165, 1.54) is 12.1 Å². The van der Waals surface area contributed by atoms with Crippen molar-refractivity contribution in [2.75, 3.05) is 19.8 Å². The number of aromatic nitrogens is 2. The zero-order chi connectivity index (χ0) is 21.7. The van der Waals surface area contributed by atoms with E-state index in [0.29, 0.717) is 45.6 Å². The lowest BCUT2D eigenvalue weighted by atomic mass is 9.74. The number of aryl methyl sites for hydroxylation is 1. The Balaban J connectivity index is 1.48. The zero-order valence-electron chi connectivity index (χ0n) is 17.8. The average molecular weight is 422 g/mol. The van der Waals surface area contributed by atoms with Crippen molar-refractivity contribution >= 4 is 5.91 Å². The van der Waals surface area contributed by atoms with Crippen molar-refractivity contribution in [3.05, 3.63) is 77.9 Å². The van der Waals surface area contributed by atoms with Crippen molar-refractivity contribution in [3.8, 4) is 11.1 Å². The highest BCUT2D eigenvalue weighted by Gasteiger charge is 2.40. The Morgan fingerprint density at radius 2 is 1.87 bits per heavy atom. The van der Waals surface area contributed by atoms with Gasteiger partial charge >= 0.3 is 0 Å². The molecule has 1 saturated heterocycles. The minimum Gasteiger partial charge on any atom is -0.381 e. The lowest BCUT2D eigenvalue weighted by molar-refractivity contribution is -0.136. The Kier molecular flexibility index (Phi) is 6.47. The summed E-state index contributed by atoms with van der Waals surface area (Å²) in [6.45, 7) is 4.28. The Hall–Kier alpha value is -2.99. The molecule has 0 bridgehead atoms. The molecule has 6 heteroatoms. The number of halogens is 1. The van der Waals surface area contributed by atoms with Gasteiger partial charge in [-0.05, 0) is 61.1 Å². The van der Waals surface area contributed by atoms with E-state index in [-0.39, 0.29) is 11.7 Å². The average Bonchev–Trinajstić information content (AvgIpc) is 3.19. The summed E-state index contributed by atoms with van der Waals surface area (Å²) < 4.78 is 21.1. The van der Waals surface area contributed by atoms with Crippen LogP contribution in [-0.4, -0.2) is 35.4 Å². The first-order valence-corrected chi connectivity index (χ1v) is 10.8. The number of benzene rings is 2. The summed E-state index contributed by atoms with van der Waals surface area (Å²) >= 11 is 0. The first-order valence-electron chi connectivity index (χ1n) is 10.8. The summed E-state index contributed by atoms with van der Waals surface area (Å²) in [6.07, 6.45) is 3.92. The maximum absolute atomic E-state index is 13.7. The molecule has 1 aliphatic heterocycles. The second-order valence-corrected chi connectivity index (χ2v) is 8.26. The molecule has 5 nitrogen and oxygen atoms in total. The van der Waals surface area contributed by atoms with Gasteiger partial charge in [0.2, 0.25) is 5.91 Å². The Bertz CT molecular complexity index is 1040. The fraction of sp³-hybridized carbons (Fsp3) is 0.360. The number of rotatable bonds is 7. The third-order valence-corrected chi connectivity index (χ3v) is 5.96. The van der Waals surface area contributed by atoms with Crippen LogP contribution in [0.25, 0.3) is 11.1 Å². The molecular weight excluding hydrogens is 393 g/mol. The van der Waals surface area contributed by atoms with Gasteiger partial charge < -0.3 is 10.1 Å². The molecule has 1 fully saturated rings. The van der Waals surface area contributed by atoms with Crippen molar-refractivity contribution in [3.63, 3.8) is 0 Å². The van der Waals surface area contributed by atoms with Gasteiger partial charge in [-0.1, -0.05) is 36.4 Å². The van der Waals surface area contributed by atoms with Crippen LogP contribution in [0, 0.1) is 18.2 Å². The van der Waals surface area contributed by atoms with Crippen molar-refractivity contribution in [1.29, 1.82) is 0 Å². The molecule has 1 amide bonds. The molecule has 1 aromatic heterocycles. The Labute approximate surface area is 182 Å². The second kappa shape index (κ2) is 9.43. The van der Waals surface area contributed by atoms with E-state index in [4.69, 9.17) is 4.74 Å². The maximum atomic E-state index is 13.7. The molecule has 0 spiro atoms. The predicted molar refractivity (Wildman–Crippen MR) is 118 cm³/mol. The Morgan fingerprint density at radius 3 is 2.58 bits per heavy atom. The summed E-state index contributed by atoms with van der Waals surface area (Å²) in [5, 5.41) is 7.49. The molecule has 4 rings (SSSR count). The largest absolute Gasteiger partial charge is 0.381 e. The molecule has 0 saturated carbocycles. The first-order chi connectivity index (χ1) is 15.0. The van der Waals surface area contributed by atoms with Crippen LogP contribution in [0.2, 0.25) is 0 Å². The molecule has 0 atom stereocenters. The molecule has 3 aromatic rings. The van der Waals surface area contributed by atoms with E-state index in [9.17, 15) is 9.18 Å². The number of ether oxygens (including phenoxy) is 1. The summed E-state index contributed by atoms with van der Waals surface area (Å²) in [4.78, 5) is 13.3.